The highest BCUT2D eigenvalue weighted by molar-refractivity contribution is 6.30. The second-order valence-electron chi connectivity index (χ2n) is 6.61. The summed E-state index contributed by atoms with van der Waals surface area (Å²) in [4.78, 5) is 0. The average Bonchev–Trinajstić information content (AvgIpc) is 2.98. The molecule has 0 heterocycles. The lowest BCUT2D eigenvalue weighted by molar-refractivity contribution is 0.204. The quantitative estimate of drug-likeness (QED) is 0.667. The van der Waals surface area contributed by atoms with E-state index < -0.39 is 0 Å². The molecule has 0 N–H and O–H groups in total. The first kappa shape index (κ1) is 13.0. The van der Waals surface area contributed by atoms with E-state index in [0.717, 1.165) is 10.9 Å². The lowest BCUT2D eigenvalue weighted by Gasteiger charge is -2.34. The van der Waals surface area contributed by atoms with E-state index in [-0.39, 0.29) is 0 Å². The molecule has 94 valence electrons. The molecule has 1 aliphatic rings. The molecule has 0 bridgehead atoms. The molecule has 0 spiro atoms. The van der Waals surface area contributed by atoms with Crippen molar-refractivity contribution in [2.45, 2.75) is 52.4 Å². The van der Waals surface area contributed by atoms with E-state index in [1.807, 2.05) is 12.1 Å². The third-order valence-corrected chi connectivity index (χ3v) is 4.92. The second kappa shape index (κ2) is 4.31. The minimum absolute atomic E-state index is 0.413. The predicted octanol–water partition coefficient (Wildman–Crippen LogP) is 5.44. The van der Waals surface area contributed by atoms with Crippen molar-refractivity contribution in [1.29, 1.82) is 0 Å². The molecular formula is C16H23Cl. The van der Waals surface area contributed by atoms with Gasteiger partial charge in [0.15, 0.2) is 0 Å². The number of hydrogen-bond acceptors (Lipinski definition) is 0. The van der Waals surface area contributed by atoms with Crippen LogP contribution in [0, 0.1) is 11.3 Å². The van der Waals surface area contributed by atoms with Gasteiger partial charge in [0, 0.05) is 5.02 Å². The zero-order chi connectivity index (χ0) is 12.7. The Labute approximate surface area is 110 Å². The monoisotopic (exact) mass is 250 g/mol. The highest BCUT2D eigenvalue weighted by Gasteiger charge is 2.47. The zero-order valence-corrected chi connectivity index (χ0v) is 12.1. The maximum Gasteiger partial charge on any atom is 0.0406 e. The number of halogens is 1. The van der Waals surface area contributed by atoms with E-state index in [0.29, 0.717) is 10.8 Å². The van der Waals surface area contributed by atoms with Crippen molar-refractivity contribution in [2.75, 3.05) is 0 Å². The molecule has 1 saturated carbocycles. The molecule has 1 aliphatic carbocycles. The van der Waals surface area contributed by atoms with Crippen LogP contribution in [0.2, 0.25) is 5.02 Å². The molecule has 0 aliphatic heterocycles. The maximum atomic E-state index is 5.97. The summed E-state index contributed by atoms with van der Waals surface area (Å²) in [5, 5.41) is 0.840. The standard InChI is InChI=1S/C16H23Cl/c1-12(2)15(3,4)11-16(9-10-16)13-5-7-14(17)8-6-13/h5-8,12H,9-11H2,1-4H3. The molecule has 17 heavy (non-hydrogen) atoms. The maximum absolute atomic E-state index is 5.97. The Kier molecular flexibility index (Phi) is 3.29. The summed E-state index contributed by atoms with van der Waals surface area (Å²) in [5.74, 6) is 0.729. The first-order valence-corrected chi connectivity index (χ1v) is 7.00. The molecule has 2 rings (SSSR count). The third-order valence-electron chi connectivity index (χ3n) is 4.67. The molecule has 0 aromatic heterocycles. The zero-order valence-electron chi connectivity index (χ0n) is 11.4. The van der Waals surface area contributed by atoms with Crippen LogP contribution >= 0.6 is 11.6 Å². The Morgan fingerprint density at radius 3 is 2.12 bits per heavy atom. The minimum Gasteiger partial charge on any atom is -0.0843 e. The topological polar surface area (TPSA) is 0 Å². The van der Waals surface area contributed by atoms with Gasteiger partial charge in [-0.2, -0.15) is 0 Å². The second-order valence-corrected chi connectivity index (χ2v) is 7.04. The fraction of sp³-hybridized carbons (Fsp3) is 0.625. The first-order chi connectivity index (χ1) is 7.86. The summed E-state index contributed by atoms with van der Waals surface area (Å²) in [7, 11) is 0. The van der Waals surface area contributed by atoms with Gasteiger partial charge < -0.3 is 0 Å². The lowest BCUT2D eigenvalue weighted by Crippen LogP contribution is -2.25. The van der Waals surface area contributed by atoms with Crippen LogP contribution in [-0.4, -0.2) is 0 Å². The third kappa shape index (κ3) is 2.68. The molecule has 0 atom stereocenters. The Morgan fingerprint density at radius 1 is 1.18 bits per heavy atom. The van der Waals surface area contributed by atoms with Crippen LogP contribution < -0.4 is 0 Å². The van der Waals surface area contributed by atoms with E-state index in [1.54, 1.807) is 0 Å². The van der Waals surface area contributed by atoms with Gasteiger partial charge in [-0.25, -0.2) is 0 Å². The van der Waals surface area contributed by atoms with Crippen molar-refractivity contribution >= 4 is 11.6 Å². The van der Waals surface area contributed by atoms with E-state index in [4.69, 9.17) is 11.6 Å². The summed E-state index contributed by atoms with van der Waals surface area (Å²) in [5.41, 5.74) is 2.34. The van der Waals surface area contributed by atoms with E-state index in [9.17, 15) is 0 Å². The lowest BCUT2D eigenvalue weighted by atomic mass is 9.71. The number of benzene rings is 1. The van der Waals surface area contributed by atoms with E-state index in [2.05, 4.69) is 39.8 Å². The Balaban J connectivity index is 2.18. The van der Waals surface area contributed by atoms with Gasteiger partial charge in [0.1, 0.15) is 0 Å². The van der Waals surface area contributed by atoms with E-state index >= 15 is 0 Å². The largest absolute Gasteiger partial charge is 0.0843 e. The van der Waals surface area contributed by atoms with Crippen LogP contribution in [0.1, 0.15) is 52.5 Å². The van der Waals surface area contributed by atoms with Crippen molar-refractivity contribution in [3.8, 4) is 0 Å². The molecule has 0 saturated heterocycles. The van der Waals surface area contributed by atoms with Gasteiger partial charge in [-0.3, -0.25) is 0 Å². The summed E-state index contributed by atoms with van der Waals surface area (Å²) < 4.78 is 0. The first-order valence-electron chi connectivity index (χ1n) is 6.62. The molecule has 0 radical (unpaired) electrons. The van der Waals surface area contributed by atoms with Crippen molar-refractivity contribution < 1.29 is 0 Å². The Hall–Kier alpha value is -0.490. The van der Waals surface area contributed by atoms with Crippen LogP contribution in [0.25, 0.3) is 0 Å². The van der Waals surface area contributed by atoms with Gasteiger partial charge in [-0.15, -0.1) is 0 Å². The number of hydrogen-bond donors (Lipinski definition) is 0. The highest BCUT2D eigenvalue weighted by Crippen LogP contribution is 2.56. The van der Waals surface area contributed by atoms with Crippen molar-refractivity contribution in [3.05, 3.63) is 34.9 Å². The molecule has 1 heteroatoms. The van der Waals surface area contributed by atoms with Gasteiger partial charge in [-0.1, -0.05) is 51.4 Å². The van der Waals surface area contributed by atoms with Crippen LogP contribution in [-0.2, 0) is 5.41 Å². The summed E-state index contributed by atoms with van der Waals surface area (Å²) >= 11 is 5.97. The van der Waals surface area contributed by atoms with Crippen LogP contribution in [0.3, 0.4) is 0 Å². The van der Waals surface area contributed by atoms with Crippen LogP contribution in [0.15, 0.2) is 24.3 Å². The SMILES string of the molecule is CC(C)C(C)(C)CC1(c2ccc(Cl)cc2)CC1. The molecule has 1 fully saturated rings. The number of rotatable bonds is 4. The molecule has 0 amide bonds. The summed E-state index contributed by atoms with van der Waals surface area (Å²) in [6, 6.07) is 8.48. The van der Waals surface area contributed by atoms with Crippen molar-refractivity contribution in [3.63, 3.8) is 0 Å². The molecule has 0 unspecified atom stereocenters. The smallest absolute Gasteiger partial charge is 0.0406 e. The van der Waals surface area contributed by atoms with Crippen LogP contribution in [0.5, 0.6) is 0 Å². The molecule has 1 aromatic carbocycles. The van der Waals surface area contributed by atoms with Gasteiger partial charge >= 0.3 is 0 Å². The average molecular weight is 251 g/mol. The fourth-order valence-corrected chi connectivity index (χ4v) is 2.72. The van der Waals surface area contributed by atoms with Gasteiger partial charge in [0.25, 0.3) is 0 Å². The van der Waals surface area contributed by atoms with Crippen molar-refractivity contribution in [2.24, 2.45) is 11.3 Å². The van der Waals surface area contributed by atoms with Crippen LogP contribution in [0.4, 0.5) is 0 Å². The predicted molar refractivity (Wildman–Crippen MR) is 75.6 cm³/mol. The van der Waals surface area contributed by atoms with Crippen molar-refractivity contribution in [1.82, 2.24) is 0 Å². The summed E-state index contributed by atoms with van der Waals surface area (Å²) in [6.07, 6.45) is 3.97. The Morgan fingerprint density at radius 2 is 1.71 bits per heavy atom. The molecule has 0 nitrogen and oxygen atoms in total. The van der Waals surface area contributed by atoms with Gasteiger partial charge in [0.2, 0.25) is 0 Å². The summed E-state index contributed by atoms with van der Waals surface area (Å²) in [6.45, 7) is 9.46. The van der Waals surface area contributed by atoms with Gasteiger partial charge in [0.05, 0.1) is 0 Å². The van der Waals surface area contributed by atoms with E-state index in [1.165, 1.54) is 24.8 Å². The minimum atomic E-state index is 0.413. The molecular weight excluding hydrogens is 228 g/mol. The van der Waals surface area contributed by atoms with Gasteiger partial charge in [-0.05, 0) is 53.7 Å². The highest BCUT2D eigenvalue weighted by atomic mass is 35.5. The normalized spacial score (nSPS) is 18.5. The fourth-order valence-electron chi connectivity index (χ4n) is 2.60. The molecule has 1 aromatic rings. The Bertz CT molecular complexity index is 382.